The summed E-state index contributed by atoms with van der Waals surface area (Å²) in [5, 5.41) is 6.69. The third kappa shape index (κ3) is 8.22. The van der Waals surface area contributed by atoms with Crippen LogP contribution in [-0.4, -0.2) is 57.5 Å². The van der Waals surface area contributed by atoms with E-state index in [0.29, 0.717) is 12.1 Å². The number of guanidine groups is 1. The van der Waals surface area contributed by atoms with Crippen LogP contribution >= 0.6 is 24.0 Å². The minimum Gasteiger partial charge on any atom is -0.372 e. The standard InChI is InChI=1S/C23H33N5O.HI/c1-5-28(21-10-7-6-8-11-21)17-9-16-25-23(24-2)26-18-19-12-14-20(15-13-19)22(29)27(3)4;/h6-8,10-15H,5,9,16-18H2,1-4H3,(H2,24,25,26);1H. The molecule has 1 amide bonds. The lowest BCUT2D eigenvalue weighted by Gasteiger charge is -2.23. The monoisotopic (exact) mass is 523 g/mol. The van der Waals surface area contributed by atoms with Crippen molar-refractivity contribution < 1.29 is 4.79 Å². The van der Waals surface area contributed by atoms with E-state index in [-0.39, 0.29) is 29.9 Å². The largest absolute Gasteiger partial charge is 0.372 e. The van der Waals surface area contributed by atoms with Gasteiger partial charge in [0, 0.05) is 58.6 Å². The summed E-state index contributed by atoms with van der Waals surface area (Å²) >= 11 is 0. The molecule has 0 aromatic heterocycles. The molecule has 0 atom stereocenters. The molecule has 0 aliphatic carbocycles. The Bertz CT molecular complexity index is 778. The number of nitrogens with one attached hydrogen (secondary N) is 2. The molecule has 0 saturated carbocycles. The van der Waals surface area contributed by atoms with Crippen molar-refractivity contribution in [1.29, 1.82) is 0 Å². The molecule has 0 unspecified atom stereocenters. The van der Waals surface area contributed by atoms with Crippen molar-refractivity contribution in [3.8, 4) is 0 Å². The molecule has 2 aromatic rings. The van der Waals surface area contributed by atoms with Crippen LogP contribution in [0, 0.1) is 0 Å². The van der Waals surface area contributed by atoms with E-state index in [0.717, 1.165) is 37.6 Å². The normalized spacial score (nSPS) is 10.7. The van der Waals surface area contributed by atoms with Crippen LogP contribution in [0.4, 0.5) is 5.69 Å². The number of rotatable bonds is 9. The molecule has 2 rings (SSSR count). The molecular formula is C23H34IN5O. The molecule has 2 N–H and O–H groups in total. The first-order valence-electron chi connectivity index (χ1n) is 10.1. The minimum atomic E-state index is 0. The van der Waals surface area contributed by atoms with Gasteiger partial charge in [0.1, 0.15) is 0 Å². The molecule has 2 aromatic carbocycles. The molecule has 0 aliphatic heterocycles. The van der Waals surface area contributed by atoms with Gasteiger partial charge in [0.15, 0.2) is 5.96 Å². The molecule has 7 heteroatoms. The van der Waals surface area contributed by atoms with Gasteiger partial charge in [-0.2, -0.15) is 0 Å². The zero-order valence-corrected chi connectivity index (χ0v) is 20.7. The summed E-state index contributed by atoms with van der Waals surface area (Å²) in [6, 6.07) is 18.1. The summed E-state index contributed by atoms with van der Waals surface area (Å²) in [6.45, 7) is 5.66. The van der Waals surface area contributed by atoms with Crippen molar-refractivity contribution in [1.82, 2.24) is 15.5 Å². The van der Waals surface area contributed by atoms with Crippen LogP contribution in [0.3, 0.4) is 0 Å². The molecule has 0 fully saturated rings. The number of nitrogens with zero attached hydrogens (tertiary/aromatic N) is 3. The summed E-state index contributed by atoms with van der Waals surface area (Å²) in [6.07, 6.45) is 1.02. The van der Waals surface area contributed by atoms with Gasteiger partial charge in [-0.3, -0.25) is 9.79 Å². The maximum atomic E-state index is 12.0. The van der Waals surface area contributed by atoms with Gasteiger partial charge in [-0.15, -0.1) is 24.0 Å². The highest BCUT2D eigenvalue weighted by atomic mass is 127. The molecule has 0 bridgehead atoms. The molecule has 164 valence electrons. The fourth-order valence-electron chi connectivity index (χ4n) is 3.02. The van der Waals surface area contributed by atoms with Gasteiger partial charge < -0.3 is 20.4 Å². The van der Waals surface area contributed by atoms with Gasteiger partial charge in [0.05, 0.1) is 0 Å². The van der Waals surface area contributed by atoms with Gasteiger partial charge in [0.25, 0.3) is 5.91 Å². The number of anilines is 1. The lowest BCUT2D eigenvalue weighted by molar-refractivity contribution is 0.0827. The molecule has 30 heavy (non-hydrogen) atoms. The van der Waals surface area contributed by atoms with E-state index in [1.54, 1.807) is 26.0 Å². The summed E-state index contributed by atoms with van der Waals surface area (Å²) in [5.74, 6) is 0.791. The Morgan fingerprint density at radius 3 is 2.23 bits per heavy atom. The molecule has 6 nitrogen and oxygen atoms in total. The number of carbonyl (C=O) groups is 1. The number of carbonyl (C=O) groups excluding carboxylic acids is 1. The van der Waals surface area contributed by atoms with E-state index >= 15 is 0 Å². The Hall–Kier alpha value is -2.29. The van der Waals surface area contributed by atoms with Gasteiger partial charge >= 0.3 is 0 Å². The second kappa shape index (κ2) is 13.8. The maximum Gasteiger partial charge on any atom is 0.253 e. The Balaban J connectivity index is 0.00000450. The van der Waals surface area contributed by atoms with E-state index in [4.69, 9.17) is 0 Å². The topological polar surface area (TPSA) is 60.0 Å². The number of amides is 1. The maximum absolute atomic E-state index is 12.0. The third-order valence-electron chi connectivity index (χ3n) is 4.69. The number of hydrogen-bond acceptors (Lipinski definition) is 3. The van der Waals surface area contributed by atoms with E-state index in [1.165, 1.54) is 5.69 Å². The van der Waals surface area contributed by atoms with E-state index in [2.05, 4.69) is 51.7 Å². The van der Waals surface area contributed by atoms with Crippen molar-refractivity contribution in [3.63, 3.8) is 0 Å². The Morgan fingerprint density at radius 1 is 1.00 bits per heavy atom. The van der Waals surface area contributed by atoms with Crippen LogP contribution < -0.4 is 15.5 Å². The SMILES string of the molecule is CCN(CCCNC(=NC)NCc1ccc(C(=O)N(C)C)cc1)c1ccccc1.I. The second-order valence-electron chi connectivity index (χ2n) is 7.02. The molecule has 0 aliphatic rings. The molecule has 0 heterocycles. The summed E-state index contributed by atoms with van der Waals surface area (Å²) in [7, 11) is 5.29. The predicted octanol–water partition coefficient (Wildman–Crippen LogP) is 3.59. The van der Waals surface area contributed by atoms with Crippen molar-refractivity contribution in [3.05, 3.63) is 65.7 Å². The predicted molar refractivity (Wildman–Crippen MR) is 137 cm³/mol. The van der Waals surface area contributed by atoms with Crippen molar-refractivity contribution in [2.45, 2.75) is 19.9 Å². The third-order valence-corrected chi connectivity index (χ3v) is 4.69. The molecular weight excluding hydrogens is 489 g/mol. The van der Waals surface area contributed by atoms with Gasteiger partial charge in [-0.1, -0.05) is 30.3 Å². The number of aliphatic imine (C=N–C) groups is 1. The van der Waals surface area contributed by atoms with E-state index in [9.17, 15) is 4.79 Å². The average Bonchev–Trinajstić information content (AvgIpc) is 2.76. The number of para-hydroxylation sites is 1. The van der Waals surface area contributed by atoms with Gasteiger partial charge in [0.2, 0.25) is 0 Å². The van der Waals surface area contributed by atoms with Crippen molar-refractivity contribution in [2.75, 3.05) is 45.7 Å². The number of halogens is 1. The lowest BCUT2D eigenvalue weighted by Crippen LogP contribution is -2.38. The van der Waals surface area contributed by atoms with Crippen molar-refractivity contribution >= 4 is 41.5 Å². The van der Waals surface area contributed by atoms with Crippen LogP contribution in [0.25, 0.3) is 0 Å². The average molecular weight is 523 g/mol. The summed E-state index contributed by atoms with van der Waals surface area (Å²) in [5.41, 5.74) is 3.05. The highest BCUT2D eigenvalue weighted by Gasteiger charge is 2.07. The van der Waals surface area contributed by atoms with Crippen LogP contribution in [-0.2, 0) is 6.54 Å². The highest BCUT2D eigenvalue weighted by molar-refractivity contribution is 14.0. The van der Waals surface area contributed by atoms with E-state index < -0.39 is 0 Å². The van der Waals surface area contributed by atoms with Crippen molar-refractivity contribution in [2.24, 2.45) is 4.99 Å². The molecule has 0 saturated heterocycles. The van der Waals surface area contributed by atoms with Crippen LogP contribution in [0.1, 0.15) is 29.3 Å². The summed E-state index contributed by atoms with van der Waals surface area (Å²) in [4.78, 5) is 20.2. The first kappa shape index (κ1) is 25.7. The van der Waals surface area contributed by atoms with Gasteiger partial charge in [-0.25, -0.2) is 0 Å². The van der Waals surface area contributed by atoms with E-state index in [1.807, 2.05) is 30.3 Å². The quantitative estimate of drug-likeness (QED) is 0.228. The molecule has 0 radical (unpaired) electrons. The molecule has 0 spiro atoms. The fourth-order valence-corrected chi connectivity index (χ4v) is 3.02. The second-order valence-corrected chi connectivity index (χ2v) is 7.02. The van der Waals surface area contributed by atoms with Crippen LogP contribution in [0.5, 0.6) is 0 Å². The summed E-state index contributed by atoms with van der Waals surface area (Å²) < 4.78 is 0. The van der Waals surface area contributed by atoms with Crippen LogP contribution in [0.15, 0.2) is 59.6 Å². The number of benzene rings is 2. The van der Waals surface area contributed by atoms with Crippen LogP contribution in [0.2, 0.25) is 0 Å². The minimum absolute atomic E-state index is 0. The smallest absolute Gasteiger partial charge is 0.253 e. The first-order chi connectivity index (χ1) is 14.0. The Labute approximate surface area is 197 Å². The zero-order chi connectivity index (χ0) is 21.1. The lowest BCUT2D eigenvalue weighted by atomic mass is 10.1. The Kier molecular flexibility index (Phi) is 11.9. The zero-order valence-electron chi connectivity index (χ0n) is 18.4. The highest BCUT2D eigenvalue weighted by Crippen LogP contribution is 2.12. The van der Waals surface area contributed by atoms with Gasteiger partial charge in [-0.05, 0) is 43.2 Å². The fraction of sp³-hybridized carbons (Fsp3) is 0.391. The number of hydrogen-bond donors (Lipinski definition) is 2. The Morgan fingerprint density at radius 2 is 1.67 bits per heavy atom. The first-order valence-corrected chi connectivity index (χ1v) is 10.1.